The molecule has 1 saturated carbocycles. The molecule has 0 aliphatic heterocycles. The van der Waals surface area contributed by atoms with E-state index in [2.05, 4.69) is 4.72 Å². The quantitative estimate of drug-likeness (QED) is 0.778. The van der Waals surface area contributed by atoms with E-state index in [4.69, 9.17) is 17.3 Å². The van der Waals surface area contributed by atoms with Gasteiger partial charge in [0.05, 0.1) is 16.7 Å². The molecule has 0 radical (unpaired) electrons. The van der Waals surface area contributed by atoms with Crippen molar-refractivity contribution in [3.8, 4) is 0 Å². The first-order valence-electron chi connectivity index (χ1n) is 6.93. The van der Waals surface area contributed by atoms with Crippen LogP contribution in [0.15, 0.2) is 12.1 Å². The number of amides is 1. The van der Waals surface area contributed by atoms with Crippen LogP contribution in [0.1, 0.15) is 24.8 Å². The average Bonchev–Trinajstić information content (AvgIpc) is 2.78. The predicted octanol–water partition coefficient (Wildman–Crippen LogP) is 1.73. The zero-order chi connectivity index (χ0) is 17.4. The van der Waals surface area contributed by atoms with Gasteiger partial charge in [-0.1, -0.05) is 11.6 Å². The van der Waals surface area contributed by atoms with Gasteiger partial charge in [-0.2, -0.15) is 0 Å². The summed E-state index contributed by atoms with van der Waals surface area (Å²) in [5.74, 6) is -2.34. The number of rotatable bonds is 5. The maximum absolute atomic E-state index is 13.9. The predicted molar refractivity (Wildman–Crippen MR) is 82.3 cm³/mol. The molecular formula is C14H17ClF2N2O3S. The summed E-state index contributed by atoms with van der Waals surface area (Å²) >= 11 is 5.66. The summed E-state index contributed by atoms with van der Waals surface area (Å²) in [6.45, 7) is 0. The zero-order valence-electron chi connectivity index (χ0n) is 12.4. The van der Waals surface area contributed by atoms with Gasteiger partial charge in [0.25, 0.3) is 0 Å². The molecule has 1 aliphatic rings. The maximum atomic E-state index is 13.9. The molecule has 1 amide bonds. The number of nitrogens with two attached hydrogens (primary N) is 1. The van der Waals surface area contributed by atoms with Crippen molar-refractivity contribution >= 4 is 27.5 Å². The Hall–Kier alpha value is -1.25. The van der Waals surface area contributed by atoms with E-state index < -0.39 is 39.0 Å². The van der Waals surface area contributed by atoms with Crippen molar-refractivity contribution < 1.29 is 22.0 Å². The van der Waals surface area contributed by atoms with Crippen molar-refractivity contribution in [1.82, 2.24) is 4.72 Å². The molecule has 1 fully saturated rings. The lowest BCUT2D eigenvalue weighted by molar-refractivity contribution is -0.127. The first-order chi connectivity index (χ1) is 10.5. The fraction of sp³-hybridized carbons (Fsp3) is 0.500. The van der Waals surface area contributed by atoms with Crippen LogP contribution in [0.25, 0.3) is 0 Å². The van der Waals surface area contributed by atoms with Crippen LogP contribution in [0.3, 0.4) is 0 Å². The second-order valence-corrected chi connectivity index (χ2v) is 8.20. The lowest BCUT2D eigenvalue weighted by Gasteiger charge is -2.26. The highest BCUT2D eigenvalue weighted by atomic mass is 35.5. The van der Waals surface area contributed by atoms with E-state index in [1.54, 1.807) is 0 Å². The van der Waals surface area contributed by atoms with E-state index in [0.29, 0.717) is 18.9 Å². The summed E-state index contributed by atoms with van der Waals surface area (Å²) in [5, 5.41) is -0.246. The Morgan fingerprint density at radius 1 is 1.43 bits per heavy atom. The van der Waals surface area contributed by atoms with Crippen molar-refractivity contribution in [2.45, 2.75) is 31.7 Å². The molecule has 2 atom stereocenters. The molecule has 0 unspecified atom stereocenters. The van der Waals surface area contributed by atoms with Gasteiger partial charge in [-0.05, 0) is 37.3 Å². The Bertz CT molecular complexity index is 742. The summed E-state index contributed by atoms with van der Waals surface area (Å²) < 4.78 is 52.2. The summed E-state index contributed by atoms with van der Waals surface area (Å²) in [4.78, 5) is 11.9. The van der Waals surface area contributed by atoms with Gasteiger partial charge in [0.2, 0.25) is 15.9 Å². The Kier molecular flexibility index (Phi) is 4.98. The Morgan fingerprint density at radius 3 is 2.65 bits per heavy atom. The molecular weight excluding hydrogens is 350 g/mol. The highest BCUT2D eigenvalue weighted by Gasteiger charge is 2.45. The molecule has 1 aromatic carbocycles. The molecule has 23 heavy (non-hydrogen) atoms. The van der Waals surface area contributed by atoms with Crippen molar-refractivity contribution in [3.63, 3.8) is 0 Å². The molecule has 0 aromatic heterocycles. The standard InChI is InChI=1S/C14H17ClF2N2O3S/c1-23(21,22)19-9-2-3-14(7-9,13(18)20)6-8-4-10(15)12(17)5-11(8)16/h4-5,9,19H,2-3,6-7H2,1H3,(H2,18,20)/t9-,14+/m0/s1. The first-order valence-corrected chi connectivity index (χ1v) is 9.20. The highest BCUT2D eigenvalue weighted by Crippen LogP contribution is 2.42. The van der Waals surface area contributed by atoms with Gasteiger partial charge in [-0.15, -0.1) is 0 Å². The average molecular weight is 367 g/mol. The number of hydrogen-bond acceptors (Lipinski definition) is 3. The van der Waals surface area contributed by atoms with Gasteiger partial charge in [0, 0.05) is 12.1 Å². The number of nitrogens with one attached hydrogen (secondary N) is 1. The number of carbonyl (C=O) groups excluding carboxylic acids is 1. The molecule has 5 nitrogen and oxygen atoms in total. The maximum Gasteiger partial charge on any atom is 0.224 e. The minimum atomic E-state index is -3.42. The monoisotopic (exact) mass is 366 g/mol. The molecule has 0 bridgehead atoms. The van der Waals surface area contributed by atoms with Crippen LogP contribution < -0.4 is 10.5 Å². The van der Waals surface area contributed by atoms with Gasteiger partial charge in [0.1, 0.15) is 11.6 Å². The van der Waals surface area contributed by atoms with E-state index >= 15 is 0 Å². The number of carbonyl (C=O) groups is 1. The molecule has 128 valence electrons. The number of benzene rings is 1. The third-order valence-electron chi connectivity index (χ3n) is 4.13. The lowest BCUT2D eigenvalue weighted by Crippen LogP contribution is -2.40. The smallest absolute Gasteiger partial charge is 0.224 e. The molecule has 1 aromatic rings. The van der Waals surface area contributed by atoms with Gasteiger partial charge in [0.15, 0.2) is 0 Å². The summed E-state index contributed by atoms with van der Waals surface area (Å²) in [6.07, 6.45) is 1.84. The summed E-state index contributed by atoms with van der Waals surface area (Å²) in [5.41, 5.74) is 4.46. The second kappa shape index (κ2) is 6.33. The van der Waals surface area contributed by atoms with Crippen LogP contribution in [0.5, 0.6) is 0 Å². The summed E-state index contributed by atoms with van der Waals surface area (Å²) in [6, 6.07) is 1.35. The fourth-order valence-electron chi connectivity index (χ4n) is 3.06. The Labute approximate surface area is 138 Å². The number of hydrogen-bond donors (Lipinski definition) is 2. The molecule has 3 N–H and O–H groups in total. The molecule has 2 rings (SSSR count). The van der Waals surface area contributed by atoms with Gasteiger partial charge in [-0.25, -0.2) is 21.9 Å². The highest BCUT2D eigenvalue weighted by molar-refractivity contribution is 7.88. The third-order valence-corrected chi connectivity index (χ3v) is 5.18. The fourth-order valence-corrected chi connectivity index (χ4v) is 4.06. The number of halogens is 3. The molecule has 9 heteroatoms. The molecule has 0 heterocycles. The Balaban J connectivity index is 2.27. The number of primary amides is 1. The van der Waals surface area contributed by atoms with E-state index in [9.17, 15) is 22.0 Å². The SMILES string of the molecule is CS(=O)(=O)N[C@H]1CC[C@](Cc2cc(Cl)c(F)cc2F)(C(N)=O)C1. The third kappa shape index (κ3) is 4.19. The van der Waals surface area contributed by atoms with E-state index in [1.165, 1.54) is 0 Å². The van der Waals surface area contributed by atoms with Crippen LogP contribution in [-0.4, -0.2) is 26.6 Å². The van der Waals surface area contributed by atoms with Crippen molar-refractivity contribution in [2.24, 2.45) is 11.1 Å². The minimum absolute atomic E-state index is 0.0594. The van der Waals surface area contributed by atoms with Gasteiger partial charge < -0.3 is 5.73 Å². The zero-order valence-corrected chi connectivity index (χ0v) is 14.0. The largest absolute Gasteiger partial charge is 0.369 e. The van der Waals surface area contributed by atoms with Crippen molar-refractivity contribution in [3.05, 3.63) is 34.4 Å². The molecule has 0 saturated heterocycles. The van der Waals surface area contributed by atoms with Crippen LogP contribution in [0, 0.1) is 17.0 Å². The second-order valence-electron chi connectivity index (χ2n) is 6.01. The first kappa shape index (κ1) is 18.1. The minimum Gasteiger partial charge on any atom is -0.369 e. The van der Waals surface area contributed by atoms with E-state index in [-0.39, 0.29) is 23.4 Å². The Morgan fingerprint density at radius 2 is 2.09 bits per heavy atom. The lowest BCUT2D eigenvalue weighted by atomic mass is 9.79. The van der Waals surface area contributed by atoms with Crippen LogP contribution in [0.2, 0.25) is 5.02 Å². The van der Waals surface area contributed by atoms with Crippen molar-refractivity contribution in [2.75, 3.05) is 6.26 Å². The number of sulfonamides is 1. The van der Waals surface area contributed by atoms with Crippen molar-refractivity contribution in [1.29, 1.82) is 0 Å². The van der Waals surface area contributed by atoms with Gasteiger partial charge in [-0.3, -0.25) is 4.79 Å². The molecule has 0 spiro atoms. The van der Waals surface area contributed by atoms with Crippen LogP contribution in [0.4, 0.5) is 8.78 Å². The van der Waals surface area contributed by atoms with E-state index in [1.807, 2.05) is 0 Å². The van der Waals surface area contributed by atoms with Gasteiger partial charge >= 0.3 is 0 Å². The van der Waals surface area contributed by atoms with Crippen LogP contribution >= 0.6 is 11.6 Å². The van der Waals surface area contributed by atoms with E-state index in [0.717, 1.165) is 12.3 Å². The van der Waals surface area contributed by atoms with Crippen LogP contribution in [-0.2, 0) is 21.2 Å². The molecule has 1 aliphatic carbocycles. The topological polar surface area (TPSA) is 89.3 Å². The summed E-state index contributed by atoms with van der Waals surface area (Å²) in [7, 11) is -3.42. The normalized spacial score (nSPS) is 24.8.